The molecule has 2 aliphatic rings. The summed E-state index contributed by atoms with van der Waals surface area (Å²) in [4.78, 5) is 16.7. The van der Waals surface area contributed by atoms with Gasteiger partial charge in [-0.2, -0.15) is 0 Å². The molecule has 3 N–H and O–H groups in total. The SMILES string of the molecule is Cc1ccc(N2CCN(c3cccc(C4Nc5ccc(C(N)=O)cc5CC4(C)C)c3)CC2)c(C)c1. The fraction of sp³-hybridized carbons (Fsp3) is 0.367. The second-order valence-electron chi connectivity index (χ2n) is 10.8. The fourth-order valence-corrected chi connectivity index (χ4v) is 5.78. The average Bonchev–Trinajstić information content (AvgIpc) is 2.83. The maximum absolute atomic E-state index is 11.6. The molecule has 3 aromatic carbocycles. The van der Waals surface area contributed by atoms with Gasteiger partial charge >= 0.3 is 0 Å². The molecule has 1 saturated heterocycles. The van der Waals surface area contributed by atoms with Crippen molar-refractivity contribution in [2.45, 2.75) is 40.2 Å². The topological polar surface area (TPSA) is 61.6 Å². The Morgan fingerprint density at radius 3 is 2.40 bits per heavy atom. The van der Waals surface area contributed by atoms with Crippen molar-refractivity contribution in [3.8, 4) is 0 Å². The maximum Gasteiger partial charge on any atom is 0.248 e. The number of primary amides is 1. The number of aryl methyl sites for hydroxylation is 2. The van der Waals surface area contributed by atoms with Gasteiger partial charge in [-0.25, -0.2) is 0 Å². The van der Waals surface area contributed by atoms with Gasteiger partial charge in [-0.3, -0.25) is 4.79 Å². The van der Waals surface area contributed by atoms with E-state index in [2.05, 4.69) is 85.3 Å². The van der Waals surface area contributed by atoms with E-state index in [0.29, 0.717) is 5.56 Å². The predicted octanol–water partition coefficient (Wildman–Crippen LogP) is 5.46. The second-order valence-corrected chi connectivity index (χ2v) is 10.8. The van der Waals surface area contributed by atoms with E-state index in [9.17, 15) is 4.79 Å². The monoisotopic (exact) mass is 468 g/mol. The van der Waals surface area contributed by atoms with Gasteiger partial charge < -0.3 is 20.9 Å². The Morgan fingerprint density at radius 2 is 1.69 bits per heavy atom. The zero-order valence-electron chi connectivity index (χ0n) is 21.3. The lowest BCUT2D eigenvalue weighted by atomic mass is 9.72. The zero-order chi connectivity index (χ0) is 24.7. The summed E-state index contributed by atoms with van der Waals surface area (Å²) in [7, 11) is 0. The Balaban J connectivity index is 1.33. The molecule has 182 valence electrons. The number of hydrogen-bond donors (Lipinski definition) is 2. The first-order valence-corrected chi connectivity index (χ1v) is 12.6. The van der Waals surface area contributed by atoms with E-state index in [0.717, 1.165) is 43.9 Å². The molecule has 0 aliphatic carbocycles. The van der Waals surface area contributed by atoms with Crippen molar-refractivity contribution >= 4 is 23.0 Å². The molecule has 0 aromatic heterocycles. The van der Waals surface area contributed by atoms with E-state index in [4.69, 9.17) is 5.73 Å². The summed E-state index contributed by atoms with van der Waals surface area (Å²) in [5, 5.41) is 3.76. The molecule has 5 rings (SSSR count). The predicted molar refractivity (Wildman–Crippen MR) is 146 cm³/mol. The van der Waals surface area contributed by atoms with Crippen molar-refractivity contribution in [3.05, 3.63) is 88.5 Å². The van der Waals surface area contributed by atoms with Crippen molar-refractivity contribution in [1.29, 1.82) is 0 Å². The molecular formula is C30H36N4O. The molecule has 3 aromatic rings. The van der Waals surface area contributed by atoms with Crippen LogP contribution in [0.1, 0.15) is 52.5 Å². The van der Waals surface area contributed by atoms with Crippen molar-refractivity contribution in [1.82, 2.24) is 0 Å². The van der Waals surface area contributed by atoms with Crippen LogP contribution in [0.25, 0.3) is 0 Å². The van der Waals surface area contributed by atoms with Crippen LogP contribution < -0.4 is 20.9 Å². The highest BCUT2D eigenvalue weighted by Crippen LogP contribution is 2.45. The molecule has 5 heteroatoms. The Morgan fingerprint density at radius 1 is 0.943 bits per heavy atom. The molecule has 5 nitrogen and oxygen atoms in total. The Hall–Kier alpha value is -3.47. The number of nitrogens with one attached hydrogen (secondary N) is 1. The van der Waals surface area contributed by atoms with Gasteiger partial charge in [0.2, 0.25) is 5.91 Å². The van der Waals surface area contributed by atoms with Crippen molar-refractivity contribution in [3.63, 3.8) is 0 Å². The largest absolute Gasteiger partial charge is 0.377 e. The first-order chi connectivity index (χ1) is 16.7. The van der Waals surface area contributed by atoms with Crippen LogP contribution in [-0.4, -0.2) is 32.1 Å². The number of carbonyl (C=O) groups is 1. The van der Waals surface area contributed by atoms with Crippen LogP contribution in [0, 0.1) is 19.3 Å². The fourth-order valence-electron chi connectivity index (χ4n) is 5.78. The minimum absolute atomic E-state index is 0.0104. The highest BCUT2D eigenvalue weighted by molar-refractivity contribution is 5.93. The number of carbonyl (C=O) groups excluding carboxylic acids is 1. The molecule has 1 unspecified atom stereocenters. The molecule has 0 spiro atoms. The Kier molecular flexibility index (Phi) is 5.96. The van der Waals surface area contributed by atoms with Crippen molar-refractivity contribution in [2.75, 3.05) is 41.3 Å². The van der Waals surface area contributed by atoms with E-state index in [1.807, 2.05) is 18.2 Å². The molecule has 0 bridgehead atoms. The number of nitrogens with zero attached hydrogens (tertiary/aromatic N) is 2. The molecular weight excluding hydrogens is 432 g/mol. The van der Waals surface area contributed by atoms with Crippen LogP contribution in [0.2, 0.25) is 0 Å². The summed E-state index contributed by atoms with van der Waals surface area (Å²) in [6.45, 7) is 13.0. The van der Waals surface area contributed by atoms with Gasteiger partial charge in [0.15, 0.2) is 0 Å². The number of amides is 1. The lowest BCUT2D eigenvalue weighted by Gasteiger charge is -2.42. The van der Waals surface area contributed by atoms with E-state index < -0.39 is 0 Å². The number of nitrogens with two attached hydrogens (primary N) is 1. The highest BCUT2D eigenvalue weighted by Gasteiger charge is 2.36. The minimum Gasteiger partial charge on any atom is -0.377 e. The molecule has 2 aliphatic heterocycles. The molecule has 0 saturated carbocycles. The number of benzene rings is 3. The van der Waals surface area contributed by atoms with E-state index in [1.165, 1.54) is 28.1 Å². The quantitative estimate of drug-likeness (QED) is 0.533. The molecule has 35 heavy (non-hydrogen) atoms. The third-order valence-electron chi connectivity index (χ3n) is 7.66. The standard InChI is InChI=1S/C30H36N4O/c1-20-8-11-27(21(2)16-20)34-14-12-33(13-15-34)25-7-5-6-22(18-25)28-30(3,4)19-24-17-23(29(31)35)9-10-26(24)32-28/h5-11,16-18,28,32H,12-15,19H2,1-4H3,(H2,31,35). The normalized spacial score (nSPS) is 19.1. The number of fused-ring (bicyclic) bond motifs is 1. The lowest BCUT2D eigenvalue weighted by Crippen LogP contribution is -2.46. The molecule has 2 heterocycles. The third kappa shape index (κ3) is 4.60. The first-order valence-electron chi connectivity index (χ1n) is 12.6. The van der Waals surface area contributed by atoms with Crippen LogP contribution >= 0.6 is 0 Å². The van der Waals surface area contributed by atoms with E-state index >= 15 is 0 Å². The van der Waals surface area contributed by atoms with Crippen LogP contribution in [-0.2, 0) is 6.42 Å². The minimum atomic E-state index is -0.377. The van der Waals surface area contributed by atoms with Gasteiger partial charge in [0.05, 0.1) is 6.04 Å². The third-order valence-corrected chi connectivity index (χ3v) is 7.66. The summed E-state index contributed by atoms with van der Waals surface area (Å²) in [5.74, 6) is -0.377. The molecule has 1 amide bonds. The van der Waals surface area contributed by atoms with Crippen LogP contribution in [0.4, 0.5) is 17.1 Å². The van der Waals surface area contributed by atoms with E-state index in [1.54, 1.807) is 0 Å². The maximum atomic E-state index is 11.6. The Labute approximate surface area is 208 Å². The van der Waals surface area contributed by atoms with Gasteiger partial charge in [0.1, 0.15) is 0 Å². The number of rotatable bonds is 4. The average molecular weight is 469 g/mol. The first kappa shape index (κ1) is 23.3. The summed E-state index contributed by atoms with van der Waals surface area (Å²) >= 11 is 0. The summed E-state index contributed by atoms with van der Waals surface area (Å²) in [5.41, 5.74) is 14.9. The summed E-state index contributed by atoms with van der Waals surface area (Å²) in [6, 6.07) is 21.7. The van der Waals surface area contributed by atoms with Crippen LogP contribution in [0.15, 0.2) is 60.7 Å². The van der Waals surface area contributed by atoms with Gasteiger partial charge in [0.25, 0.3) is 0 Å². The summed E-state index contributed by atoms with van der Waals surface area (Å²) < 4.78 is 0. The van der Waals surface area contributed by atoms with Gasteiger partial charge in [-0.05, 0) is 78.8 Å². The lowest BCUT2D eigenvalue weighted by molar-refractivity contribution is 0.1000. The molecule has 0 radical (unpaired) electrons. The Bertz CT molecular complexity index is 1260. The van der Waals surface area contributed by atoms with E-state index in [-0.39, 0.29) is 17.4 Å². The van der Waals surface area contributed by atoms with Gasteiger partial charge in [-0.1, -0.05) is 43.7 Å². The van der Waals surface area contributed by atoms with Crippen LogP contribution in [0.5, 0.6) is 0 Å². The highest BCUT2D eigenvalue weighted by atomic mass is 16.1. The second kappa shape index (κ2) is 8.95. The summed E-state index contributed by atoms with van der Waals surface area (Å²) in [6.07, 6.45) is 0.889. The molecule has 1 atom stereocenters. The molecule has 1 fully saturated rings. The van der Waals surface area contributed by atoms with Crippen molar-refractivity contribution < 1.29 is 4.79 Å². The van der Waals surface area contributed by atoms with Crippen LogP contribution in [0.3, 0.4) is 0 Å². The number of anilines is 3. The van der Waals surface area contributed by atoms with Gasteiger partial charge in [-0.15, -0.1) is 0 Å². The number of piperazine rings is 1. The zero-order valence-corrected chi connectivity index (χ0v) is 21.3. The van der Waals surface area contributed by atoms with Crippen molar-refractivity contribution in [2.24, 2.45) is 11.1 Å². The smallest absolute Gasteiger partial charge is 0.248 e. The number of hydrogen-bond acceptors (Lipinski definition) is 4. The van der Waals surface area contributed by atoms with Gasteiger partial charge in [0, 0.05) is 48.8 Å².